The van der Waals surface area contributed by atoms with Crippen LogP contribution in [0.3, 0.4) is 0 Å². The Morgan fingerprint density at radius 2 is 1.83 bits per heavy atom. The highest BCUT2D eigenvalue weighted by Gasteiger charge is 2.41. The minimum atomic E-state index is -0.130. The van der Waals surface area contributed by atoms with Gasteiger partial charge in [0.05, 0.1) is 6.61 Å². The number of carbonyl (C=O) groups is 1. The quantitative estimate of drug-likeness (QED) is 0.738. The highest BCUT2D eigenvalue weighted by atomic mass is 16.7. The zero-order valence-corrected chi connectivity index (χ0v) is 17.7. The Hall–Kier alpha value is -2.95. The predicted octanol–water partition coefficient (Wildman–Crippen LogP) is 5.40. The standard InChI is InChI=1S/C25H27NO4/c1-4-9-28-16-7-5-15(6-8-16)23-17-10-21-22(30-14-29-21)11-18(17)26-19-12-25(2,3)13-20(27)24(19)23/h5-8,10-11,23,26H,4,9,12-14H2,1-3H3. The van der Waals surface area contributed by atoms with Gasteiger partial charge in [-0.1, -0.05) is 32.9 Å². The lowest BCUT2D eigenvalue weighted by Crippen LogP contribution is -2.33. The maximum absolute atomic E-state index is 13.3. The Labute approximate surface area is 177 Å². The van der Waals surface area contributed by atoms with Crippen molar-refractivity contribution >= 4 is 11.5 Å². The molecule has 3 aliphatic rings. The number of Topliss-reactive ketones (excluding diaryl/α,β-unsaturated/α-hetero) is 1. The lowest BCUT2D eigenvalue weighted by Gasteiger charge is -2.39. The normalized spacial score (nSPS) is 21.0. The molecule has 5 rings (SSSR count). The van der Waals surface area contributed by atoms with E-state index < -0.39 is 0 Å². The van der Waals surface area contributed by atoms with Crippen molar-refractivity contribution in [1.29, 1.82) is 0 Å². The number of fused-ring (bicyclic) bond motifs is 2. The molecular weight excluding hydrogens is 378 g/mol. The first-order valence-electron chi connectivity index (χ1n) is 10.6. The zero-order chi connectivity index (χ0) is 20.9. The largest absolute Gasteiger partial charge is 0.494 e. The maximum atomic E-state index is 13.3. The van der Waals surface area contributed by atoms with E-state index in [1.165, 1.54) is 0 Å². The van der Waals surface area contributed by atoms with E-state index in [0.29, 0.717) is 13.0 Å². The molecule has 0 spiro atoms. The van der Waals surface area contributed by atoms with Crippen LogP contribution in [0.1, 0.15) is 57.1 Å². The SMILES string of the molecule is CCCOc1ccc(C2C3=C(CC(C)(C)CC3=O)Nc3cc4c(cc32)OCO4)cc1. The summed E-state index contributed by atoms with van der Waals surface area (Å²) in [5.74, 6) is 2.42. The molecule has 1 atom stereocenters. The van der Waals surface area contributed by atoms with Crippen LogP contribution in [0.5, 0.6) is 17.2 Å². The number of allylic oxidation sites excluding steroid dienone is 2. The van der Waals surface area contributed by atoms with Crippen LogP contribution in [0.25, 0.3) is 0 Å². The zero-order valence-electron chi connectivity index (χ0n) is 17.7. The Bertz CT molecular complexity index is 1040. The van der Waals surface area contributed by atoms with Crippen molar-refractivity contribution < 1.29 is 19.0 Å². The van der Waals surface area contributed by atoms with Crippen LogP contribution in [-0.4, -0.2) is 19.2 Å². The van der Waals surface area contributed by atoms with E-state index in [4.69, 9.17) is 14.2 Å². The summed E-state index contributed by atoms with van der Waals surface area (Å²) in [5.41, 5.74) is 4.97. The van der Waals surface area contributed by atoms with Gasteiger partial charge in [0.15, 0.2) is 17.3 Å². The summed E-state index contributed by atoms with van der Waals surface area (Å²) in [6, 6.07) is 12.2. The lowest BCUT2D eigenvalue weighted by molar-refractivity contribution is -0.118. The molecular formula is C25H27NO4. The minimum absolute atomic E-state index is 0.0564. The maximum Gasteiger partial charge on any atom is 0.231 e. The third kappa shape index (κ3) is 3.22. The van der Waals surface area contributed by atoms with Crippen molar-refractivity contribution in [3.63, 3.8) is 0 Å². The number of nitrogens with one attached hydrogen (secondary N) is 1. The fraction of sp³-hybridized carbons (Fsp3) is 0.400. The van der Waals surface area contributed by atoms with Gasteiger partial charge in [-0.15, -0.1) is 0 Å². The summed E-state index contributed by atoms with van der Waals surface area (Å²) in [4.78, 5) is 13.3. The molecule has 0 saturated carbocycles. The van der Waals surface area contributed by atoms with Crippen molar-refractivity contribution in [2.45, 2.75) is 46.0 Å². The molecule has 1 aliphatic carbocycles. The van der Waals surface area contributed by atoms with Crippen molar-refractivity contribution in [3.8, 4) is 17.2 Å². The second-order valence-electron chi connectivity index (χ2n) is 9.10. The van der Waals surface area contributed by atoms with Crippen molar-refractivity contribution in [3.05, 3.63) is 58.8 Å². The summed E-state index contributed by atoms with van der Waals surface area (Å²) in [6.45, 7) is 7.32. The van der Waals surface area contributed by atoms with E-state index in [9.17, 15) is 4.79 Å². The molecule has 5 nitrogen and oxygen atoms in total. The Morgan fingerprint density at radius 1 is 1.10 bits per heavy atom. The molecule has 2 aromatic carbocycles. The molecule has 0 fully saturated rings. The number of hydrogen-bond acceptors (Lipinski definition) is 5. The van der Waals surface area contributed by atoms with E-state index >= 15 is 0 Å². The van der Waals surface area contributed by atoms with E-state index in [0.717, 1.165) is 58.2 Å². The number of benzene rings is 2. The van der Waals surface area contributed by atoms with Crippen LogP contribution in [0.4, 0.5) is 5.69 Å². The van der Waals surface area contributed by atoms with Crippen LogP contribution < -0.4 is 19.5 Å². The van der Waals surface area contributed by atoms with Gasteiger partial charge in [0.2, 0.25) is 6.79 Å². The molecule has 0 radical (unpaired) electrons. The van der Waals surface area contributed by atoms with Crippen molar-refractivity contribution in [2.75, 3.05) is 18.7 Å². The first kappa shape index (κ1) is 19.0. The van der Waals surface area contributed by atoms with E-state index in [1.54, 1.807) is 0 Å². The van der Waals surface area contributed by atoms with Gasteiger partial charge in [-0.25, -0.2) is 0 Å². The average molecular weight is 405 g/mol. The molecule has 1 N–H and O–H groups in total. The van der Waals surface area contributed by atoms with Gasteiger partial charge in [0, 0.05) is 35.4 Å². The lowest BCUT2D eigenvalue weighted by atomic mass is 9.68. The molecule has 156 valence electrons. The molecule has 5 heteroatoms. The molecule has 1 unspecified atom stereocenters. The van der Waals surface area contributed by atoms with Gasteiger partial charge < -0.3 is 19.5 Å². The molecule has 0 amide bonds. The number of ketones is 1. The summed E-state index contributed by atoms with van der Waals surface area (Å²) in [5, 5.41) is 3.55. The van der Waals surface area contributed by atoms with Gasteiger partial charge in [-0.05, 0) is 47.6 Å². The molecule has 0 bridgehead atoms. The van der Waals surface area contributed by atoms with E-state index in [2.05, 4.69) is 38.2 Å². The van der Waals surface area contributed by atoms with E-state index in [1.807, 2.05) is 24.3 Å². The fourth-order valence-corrected chi connectivity index (χ4v) is 4.73. The Kier molecular flexibility index (Phi) is 4.49. The third-order valence-corrected chi connectivity index (χ3v) is 6.04. The molecule has 2 aliphatic heterocycles. The second-order valence-corrected chi connectivity index (χ2v) is 9.10. The number of anilines is 1. The Balaban J connectivity index is 1.62. The highest BCUT2D eigenvalue weighted by Crippen LogP contribution is 2.51. The molecule has 0 saturated heterocycles. The Morgan fingerprint density at radius 3 is 2.57 bits per heavy atom. The first-order valence-corrected chi connectivity index (χ1v) is 10.6. The molecule has 2 heterocycles. The summed E-state index contributed by atoms with van der Waals surface area (Å²) in [7, 11) is 0. The topological polar surface area (TPSA) is 56.8 Å². The van der Waals surface area contributed by atoms with Gasteiger partial charge in [-0.2, -0.15) is 0 Å². The van der Waals surface area contributed by atoms with E-state index in [-0.39, 0.29) is 23.9 Å². The van der Waals surface area contributed by atoms with Crippen molar-refractivity contribution in [1.82, 2.24) is 0 Å². The first-order chi connectivity index (χ1) is 14.4. The minimum Gasteiger partial charge on any atom is -0.494 e. The van der Waals surface area contributed by atoms with Crippen molar-refractivity contribution in [2.24, 2.45) is 5.41 Å². The van der Waals surface area contributed by atoms with Gasteiger partial charge in [-0.3, -0.25) is 4.79 Å². The number of ether oxygens (including phenoxy) is 3. The van der Waals surface area contributed by atoms with Crippen LogP contribution in [0.2, 0.25) is 0 Å². The fourth-order valence-electron chi connectivity index (χ4n) is 4.73. The smallest absolute Gasteiger partial charge is 0.231 e. The van der Waals surface area contributed by atoms with Gasteiger partial charge in [0.25, 0.3) is 0 Å². The average Bonchev–Trinajstić information content (AvgIpc) is 3.16. The van der Waals surface area contributed by atoms with Gasteiger partial charge >= 0.3 is 0 Å². The van der Waals surface area contributed by atoms with Crippen LogP contribution in [-0.2, 0) is 4.79 Å². The number of hydrogen-bond donors (Lipinski definition) is 1. The second kappa shape index (κ2) is 7.08. The van der Waals surface area contributed by atoms with Crippen LogP contribution in [0, 0.1) is 5.41 Å². The number of carbonyl (C=O) groups excluding carboxylic acids is 1. The number of rotatable bonds is 4. The highest BCUT2D eigenvalue weighted by molar-refractivity contribution is 6.01. The predicted molar refractivity (Wildman–Crippen MR) is 115 cm³/mol. The summed E-state index contributed by atoms with van der Waals surface area (Å²) >= 11 is 0. The van der Waals surface area contributed by atoms with Crippen LogP contribution in [0.15, 0.2) is 47.7 Å². The van der Waals surface area contributed by atoms with Gasteiger partial charge in [0.1, 0.15) is 5.75 Å². The molecule has 2 aromatic rings. The molecule has 30 heavy (non-hydrogen) atoms. The van der Waals surface area contributed by atoms with Crippen LogP contribution >= 0.6 is 0 Å². The summed E-state index contributed by atoms with van der Waals surface area (Å²) in [6.07, 6.45) is 2.37. The molecule has 0 aromatic heterocycles. The monoisotopic (exact) mass is 405 g/mol. The third-order valence-electron chi connectivity index (χ3n) is 6.04. The summed E-state index contributed by atoms with van der Waals surface area (Å²) < 4.78 is 17.0.